The molecule has 2 heterocycles. The molecule has 0 unspecified atom stereocenters. The Morgan fingerprint density at radius 3 is 3.06 bits per heavy atom. The minimum absolute atomic E-state index is 0.223. The maximum absolute atomic E-state index is 11.8. The third kappa shape index (κ3) is 3.24. The van der Waals surface area contributed by atoms with Crippen molar-refractivity contribution in [3.8, 4) is 0 Å². The zero-order valence-electron chi connectivity index (χ0n) is 9.02. The van der Waals surface area contributed by atoms with E-state index in [2.05, 4.69) is 10.3 Å². The fourth-order valence-electron chi connectivity index (χ4n) is 1.58. The molecule has 0 spiro atoms. The number of piperazine rings is 1. The number of oxazole rings is 1. The van der Waals surface area contributed by atoms with Gasteiger partial charge in [0, 0.05) is 38.4 Å². The number of hydrogen-bond donors (Lipinski definition) is 1. The second kappa shape index (κ2) is 5.91. The lowest BCUT2D eigenvalue weighted by Crippen LogP contribution is -2.46. The van der Waals surface area contributed by atoms with E-state index in [1.54, 1.807) is 12.5 Å². The van der Waals surface area contributed by atoms with Crippen LogP contribution in [0, 0.1) is 0 Å². The summed E-state index contributed by atoms with van der Waals surface area (Å²) in [7, 11) is 0. The molecule has 0 saturated carbocycles. The number of thioether (sulfide) groups is 1. The van der Waals surface area contributed by atoms with Gasteiger partial charge in [0.05, 0.1) is 6.20 Å². The summed E-state index contributed by atoms with van der Waals surface area (Å²) in [5.74, 6) is 0.948. The summed E-state index contributed by atoms with van der Waals surface area (Å²) >= 11 is 1.48. The number of aromatic nitrogens is 1. The van der Waals surface area contributed by atoms with Crippen LogP contribution in [-0.2, 0) is 4.79 Å². The van der Waals surface area contributed by atoms with Crippen LogP contribution in [0.4, 0.5) is 0 Å². The van der Waals surface area contributed by atoms with Crippen molar-refractivity contribution in [1.29, 1.82) is 0 Å². The number of amides is 1. The molecular formula is C10H15N3O2S. The van der Waals surface area contributed by atoms with E-state index >= 15 is 0 Å². The van der Waals surface area contributed by atoms with Crippen LogP contribution < -0.4 is 5.32 Å². The molecule has 1 aromatic rings. The van der Waals surface area contributed by atoms with E-state index in [4.69, 9.17) is 4.42 Å². The zero-order chi connectivity index (χ0) is 11.2. The van der Waals surface area contributed by atoms with E-state index in [9.17, 15) is 4.79 Å². The van der Waals surface area contributed by atoms with Crippen molar-refractivity contribution in [2.24, 2.45) is 0 Å². The van der Waals surface area contributed by atoms with E-state index in [1.807, 2.05) is 4.90 Å². The second-order valence-corrected chi connectivity index (χ2v) is 4.57. The molecule has 0 aliphatic carbocycles. The summed E-state index contributed by atoms with van der Waals surface area (Å²) in [6.45, 7) is 3.45. The van der Waals surface area contributed by atoms with Crippen LogP contribution in [0.25, 0.3) is 0 Å². The monoisotopic (exact) mass is 241 g/mol. The molecule has 1 aromatic heterocycles. The van der Waals surface area contributed by atoms with Gasteiger partial charge in [-0.2, -0.15) is 0 Å². The summed E-state index contributed by atoms with van der Waals surface area (Å²) < 4.78 is 5.08. The molecule has 6 heteroatoms. The Morgan fingerprint density at radius 1 is 1.56 bits per heavy atom. The smallest absolute Gasteiger partial charge is 0.255 e. The van der Waals surface area contributed by atoms with Crippen molar-refractivity contribution in [2.75, 3.05) is 31.9 Å². The lowest BCUT2D eigenvalue weighted by atomic mass is 10.3. The molecule has 0 atom stereocenters. The van der Waals surface area contributed by atoms with E-state index in [1.165, 1.54) is 11.8 Å². The normalized spacial score (nSPS) is 16.4. The summed E-state index contributed by atoms with van der Waals surface area (Å²) in [5, 5.41) is 3.86. The zero-order valence-corrected chi connectivity index (χ0v) is 9.83. The van der Waals surface area contributed by atoms with Gasteiger partial charge in [-0.25, -0.2) is 4.98 Å². The average Bonchev–Trinajstić information content (AvgIpc) is 2.83. The lowest BCUT2D eigenvalue weighted by Gasteiger charge is -2.27. The van der Waals surface area contributed by atoms with Gasteiger partial charge >= 0.3 is 0 Å². The van der Waals surface area contributed by atoms with Crippen molar-refractivity contribution >= 4 is 17.7 Å². The number of hydrogen-bond acceptors (Lipinski definition) is 5. The van der Waals surface area contributed by atoms with Gasteiger partial charge in [0.15, 0.2) is 0 Å². The molecular weight excluding hydrogens is 226 g/mol. The summed E-state index contributed by atoms with van der Waals surface area (Å²) in [6, 6.07) is 0. The van der Waals surface area contributed by atoms with Gasteiger partial charge in [0.2, 0.25) is 5.91 Å². The standard InChI is InChI=1S/C10H15N3O2S/c14-9(13-5-2-11-3-6-13)1-8-16-10-12-4-7-15-10/h4,7,11H,1-3,5-6,8H2. The molecule has 88 valence electrons. The van der Waals surface area contributed by atoms with Crippen molar-refractivity contribution < 1.29 is 9.21 Å². The van der Waals surface area contributed by atoms with Gasteiger partial charge in [-0.3, -0.25) is 4.79 Å². The first kappa shape index (κ1) is 11.5. The Hall–Kier alpha value is -1.01. The van der Waals surface area contributed by atoms with Gasteiger partial charge in [-0.15, -0.1) is 0 Å². The van der Waals surface area contributed by atoms with Crippen LogP contribution in [0.3, 0.4) is 0 Å². The third-order valence-corrected chi connectivity index (χ3v) is 3.28. The molecule has 0 radical (unpaired) electrons. The molecule has 1 fully saturated rings. The van der Waals surface area contributed by atoms with Gasteiger partial charge in [-0.1, -0.05) is 11.8 Å². The molecule has 1 saturated heterocycles. The van der Waals surface area contributed by atoms with Crippen molar-refractivity contribution in [1.82, 2.24) is 15.2 Å². The van der Waals surface area contributed by atoms with E-state index in [0.717, 1.165) is 31.9 Å². The topological polar surface area (TPSA) is 58.4 Å². The second-order valence-electron chi connectivity index (χ2n) is 3.53. The van der Waals surface area contributed by atoms with Crippen LogP contribution in [0.2, 0.25) is 0 Å². The van der Waals surface area contributed by atoms with Crippen LogP contribution in [0.15, 0.2) is 22.1 Å². The summed E-state index contributed by atoms with van der Waals surface area (Å²) in [5.41, 5.74) is 0. The molecule has 2 rings (SSSR count). The Balaban J connectivity index is 1.67. The Labute approximate surface area is 98.6 Å². The first-order valence-corrected chi connectivity index (χ1v) is 6.35. The summed E-state index contributed by atoms with van der Waals surface area (Å²) in [4.78, 5) is 17.7. The van der Waals surface area contributed by atoms with E-state index < -0.39 is 0 Å². The average molecular weight is 241 g/mol. The molecule has 5 nitrogen and oxygen atoms in total. The van der Waals surface area contributed by atoms with Crippen LogP contribution in [-0.4, -0.2) is 47.7 Å². The maximum Gasteiger partial charge on any atom is 0.255 e. The molecule has 1 amide bonds. The molecule has 0 bridgehead atoms. The number of carbonyl (C=O) groups is 1. The van der Waals surface area contributed by atoms with Gasteiger partial charge in [-0.05, 0) is 0 Å². The SMILES string of the molecule is O=C(CCSc1ncco1)N1CCNCC1. The van der Waals surface area contributed by atoms with Gasteiger partial charge in [0.25, 0.3) is 5.22 Å². The minimum atomic E-state index is 0.223. The fraction of sp³-hybridized carbons (Fsp3) is 0.600. The number of carbonyl (C=O) groups excluding carboxylic acids is 1. The van der Waals surface area contributed by atoms with E-state index in [0.29, 0.717) is 11.6 Å². The molecule has 1 aliphatic rings. The fourth-order valence-corrected chi connectivity index (χ4v) is 2.29. The number of rotatable bonds is 4. The third-order valence-electron chi connectivity index (χ3n) is 2.42. The minimum Gasteiger partial charge on any atom is -0.440 e. The first-order valence-electron chi connectivity index (χ1n) is 5.37. The first-order chi connectivity index (χ1) is 7.86. The number of nitrogens with zero attached hydrogens (tertiary/aromatic N) is 2. The molecule has 1 aliphatic heterocycles. The van der Waals surface area contributed by atoms with Gasteiger partial charge in [0.1, 0.15) is 6.26 Å². The van der Waals surface area contributed by atoms with Crippen molar-refractivity contribution in [2.45, 2.75) is 11.6 Å². The highest BCUT2D eigenvalue weighted by atomic mass is 32.2. The lowest BCUT2D eigenvalue weighted by molar-refractivity contribution is -0.131. The highest BCUT2D eigenvalue weighted by Crippen LogP contribution is 2.16. The molecule has 16 heavy (non-hydrogen) atoms. The maximum atomic E-state index is 11.8. The predicted molar refractivity (Wildman–Crippen MR) is 61.3 cm³/mol. The van der Waals surface area contributed by atoms with Crippen molar-refractivity contribution in [3.63, 3.8) is 0 Å². The van der Waals surface area contributed by atoms with Crippen LogP contribution in [0.5, 0.6) is 0 Å². The Morgan fingerprint density at radius 2 is 2.38 bits per heavy atom. The number of nitrogens with one attached hydrogen (secondary N) is 1. The quantitative estimate of drug-likeness (QED) is 0.782. The highest BCUT2D eigenvalue weighted by molar-refractivity contribution is 7.99. The predicted octanol–water partition coefficient (Wildman–Crippen LogP) is 0.589. The Kier molecular flexibility index (Phi) is 4.24. The molecule has 1 N–H and O–H groups in total. The summed E-state index contributed by atoms with van der Waals surface area (Å²) in [6.07, 6.45) is 3.70. The largest absolute Gasteiger partial charge is 0.440 e. The van der Waals surface area contributed by atoms with Crippen LogP contribution in [0.1, 0.15) is 6.42 Å². The Bertz CT molecular complexity index is 323. The van der Waals surface area contributed by atoms with E-state index in [-0.39, 0.29) is 5.91 Å². The van der Waals surface area contributed by atoms with Crippen LogP contribution >= 0.6 is 11.8 Å². The van der Waals surface area contributed by atoms with Gasteiger partial charge < -0.3 is 14.6 Å². The molecule has 0 aromatic carbocycles. The highest BCUT2D eigenvalue weighted by Gasteiger charge is 2.15. The van der Waals surface area contributed by atoms with Crippen molar-refractivity contribution in [3.05, 3.63) is 12.5 Å².